The van der Waals surface area contributed by atoms with E-state index >= 15 is 0 Å². The van der Waals surface area contributed by atoms with E-state index in [1.807, 2.05) is 0 Å². The Labute approximate surface area is 86.7 Å². The number of aromatic hydroxyl groups is 1. The largest absolute Gasteiger partial charge is 0.506 e. The number of benzene rings is 1. The molecule has 1 aromatic carbocycles. The van der Waals surface area contributed by atoms with Gasteiger partial charge < -0.3 is 5.11 Å². The molecular weight excluding hydrogens is 194 g/mol. The van der Waals surface area contributed by atoms with Crippen LogP contribution >= 0.6 is 0 Å². The Morgan fingerprint density at radius 2 is 2.20 bits per heavy atom. The maximum Gasteiger partial charge on any atom is 0.203 e. The summed E-state index contributed by atoms with van der Waals surface area (Å²) in [4.78, 5) is 10.8. The smallest absolute Gasteiger partial charge is 0.203 e. The van der Waals surface area contributed by atoms with Gasteiger partial charge >= 0.3 is 0 Å². The lowest BCUT2D eigenvalue weighted by Crippen LogP contribution is -2.09. The van der Waals surface area contributed by atoms with Gasteiger partial charge in [0.15, 0.2) is 5.78 Å². The fourth-order valence-electron chi connectivity index (χ4n) is 0.867. The van der Waals surface area contributed by atoms with Gasteiger partial charge in [-0.05, 0) is 12.1 Å². The van der Waals surface area contributed by atoms with Gasteiger partial charge in [-0.2, -0.15) is 10.4 Å². The van der Waals surface area contributed by atoms with Crippen LogP contribution in [0.1, 0.15) is 6.92 Å². The molecule has 0 aliphatic heterocycles. The van der Waals surface area contributed by atoms with Crippen molar-refractivity contribution in [1.82, 2.24) is 0 Å². The molecule has 0 fully saturated rings. The van der Waals surface area contributed by atoms with Crippen LogP contribution in [0.15, 0.2) is 29.4 Å². The van der Waals surface area contributed by atoms with E-state index in [4.69, 9.17) is 5.26 Å². The highest BCUT2D eigenvalue weighted by molar-refractivity contribution is 6.45. The van der Waals surface area contributed by atoms with Crippen molar-refractivity contribution in [2.45, 2.75) is 6.92 Å². The molecule has 0 saturated heterocycles. The third kappa shape index (κ3) is 2.81. The summed E-state index contributed by atoms with van der Waals surface area (Å²) in [5.74, 6) is -0.428. The van der Waals surface area contributed by atoms with Crippen molar-refractivity contribution in [3.05, 3.63) is 24.3 Å². The van der Waals surface area contributed by atoms with Crippen molar-refractivity contribution in [2.24, 2.45) is 5.10 Å². The first-order valence-corrected chi connectivity index (χ1v) is 4.18. The van der Waals surface area contributed by atoms with E-state index < -0.39 is 5.78 Å². The standard InChI is InChI=1S/C10H9N3O2/c1-7(14)9(6-11)13-12-8-4-2-3-5-10(8)15/h2-5,12,15H,1H3/b13-9+. The number of hydrogen-bond donors (Lipinski definition) is 2. The minimum atomic E-state index is -0.430. The summed E-state index contributed by atoms with van der Waals surface area (Å²) in [5.41, 5.74) is 2.54. The zero-order valence-corrected chi connectivity index (χ0v) is 8.06. The maximum atomic E-state index is 10.8. The van der Waals surface area contributed by atoms with Gasteiger partial charge in [-0.3, -0.25) is 10.2 Å². The molecule has 0 radical (unpaired) electrons. The Hall–Kier alpha value is -2.35. The molecule has 0 aliphatic carbocycles. The molecule has 1 rings (SSSR count). The van der Waals surface area contributed by atoms with Crippen LogP contribution in [-0.2, 0) is 4.79 Å². The lowest BCUT2D eigenvalue weighted by Gasteiger charge is -2.02. The van der Waals surface area contributed by atoms with Gasteiger partial charge in [0.25, 0.3) is 0 Å². The second-order valence-electron chi connectivity index (χ2n) is 2.76. The number of nitrogens with zero attached hydrogens (tertiary/aromatic N) is 2. The second kappa shape index (κ2) is 4.77. The fourth-order valence-corrected chi connectivity index (χ4v) is 0.867. The highest BCUT2D eigenvalue weighted by Crippen LogP contribution is 2.21. The van der Waals surface area contributed by atoms with Crippen LogP contribution in [0.2, 0.25) is 0 Å². The van der Waals surface area contributed by atoms with E-state index in [9.17, 15) is 9.90 Å². The third-order valence-corrected chi connectivity index (χ3v) is 1.63. The molecular formula is C10H9N3O2. The number of nitriles is 1. The summed E-state index contributed by atoms with van der Waals surface area (Å²) in [6.45, 7) is 1.24. The van der Waals surface area contributed by atoms with E-state index in [1.165, 1.54) is 13.0 Å². The maximum absolute atomic E-state index is 10.8. The van der Waals surface area contributed by atoms with E-state index in [1.54, 1.807) is 24.3 Å². The molecule has 0 spiro atoms. The molecule has 0 atom stereocenters. The Bertz CT molecular complexity index is 446. The van der Waals surface area contributed by atoms with Gasteiger partial charge in [0, 0.05) is 6.92 Å². The summed E-state index contributed by atoms with van der Waals surface area (Å²) in [7, 11) is 0. The molecule has 2 N–H and O–H groups in total. The number of anilines is 1. The Morgan fingerprint density at radius 1 is 1.53 bits per heavy atom. The molecule has 0 amide bonds. The molecule has 0 aromatic heterocycles. The van der Waals surface area contributed by atoms with E-state index in [0.717, 1.165) is 0 Å². The topological polar surface area (TPSA) is 85.5 Å². The number of hydrazone groups is 1. The second-order valence-corrected chi connectivity index (χ2v) is 2.76. The van der Waals surface area contributed by atoms with Crippen LogP contribution in [-0.4, -0.2) is 16.6 Å². The molecule has 5 heteroatoms. The predicted molar refractivity (Wildman–Crippen MR) is 55.5 cm³/mol. The zero-order chi connectivity index (χ0) is 11.3. The average Bonchev–Trinajstić information content (AvgIpc) is 2.21. The average molecular weight is 203 g/mol. The van der Waals surface area contributed by atoms with Gasteiger partial charge in [-0.15, -0.1) is 0 Å². The Morgan fingerprint density at radius 3 is 2.73 bits per heavy atom. The number of carbonyl (C=O) groups excluding carboxylic acids is 1. The van der Waals surface area contributed by atoms with E-state index in [-0.39, 0.29) is 11.5 Å². The summed E-state index contributed by atoms with van der Waals surface area (Å²) in [6.07, 6.45) is 0. The first-order valence-electron chi connectivity index (χ1n) is 4.18. The highest BCUT2D eigenvalue weighted by Gasteiger charge is 2.04. The number of hydrogen-bond acceptors (Lipinski definition) is 5. The number of nitrogens with one attached hydrogen (secondary N) is 1. The minimum absolute atomic E-state index is 0.00194. The number of carbonyl (C=O) groups is 1. The van der Waals surface area contributed by atoms with Gasteiger partial charge in [0.05, 0.1) is 5.69 Å². The Balaban J connectivity index is 2.85. The monoisotopic (exact) mass is 203 g/mol. The molecule has 0 unspecified atom stereocenters. The fraction of sp³-hybridized carbons (Fsp3) is 0.100. The summed E-state index contributed by atoms with van der Waals surface area (Å²) in [5, 5.41) is 21.4. The molecule has 1 aromatic rings. The van der Waals surface area contributed by atoms with Crippen molar-refractivity contribution in [2.75, 3.05) is 5.43 Å². The van der Waals surface area contributed by atoms with Crippen LogP contribution in [0.4, 0.5) is 5.69 Å². The highest BCUT2D eigenvalue weighted by atomic mass is 16.3. The summed E-state index contributed by atoms with van der Waals surface area (Å²) < 4.78 is 0. The minimum Gasteiger partial charge on any atom is -0.506 e. The SMILES string of the molecule is CC(=O)/C(C#N)=N/Nc1ccccc1O. The number of ketones is 1. The van der Waals surface area contributed by atoms with Crippen LogP contribution in [0.3, 0.4) is 0 Å². The number of Topliss-reactive ketones (excluding diaryl/α,β-unsaturated/α-hetero) is 1. The number of phenols is 1. The molecule has 0 bridgehead atoms. The molecule has 0 saturated carbocycles. The number of phenolic OH excluding ortho intramolecular Hbond substituents is 1. The number of para-hydroxylation sites is 2. The van der Waals surface area contributed by atoms with Crippen LogP contribution in [0, 0.1) is 11.3 Å². The summed E-state index contributed by atoms with van der Waals surface area (Å²) in [6, 6.07) is 8.04. The van der Waals surface area contributed by atoms with Crippen molar-refractivity contribution < 1.29 is 9.90 Å². The first kappa shape index (κ1) is 10.7. The van der Waals surface area contributed by atoms with Crippen molar-refractivity contribution >= 4 is 17.2 Å². The molecule has 0 heterocycles. The molecule has 76 valence electrons. The van der Waals surface area contributed by atoms with Crippen molar-refractivity contribution in [3.63, 3.8) is 0 Å². The lowest BCUT2D eigenvalue weighted by atomic mass is 10.3. The van der Waals surface area contributed by atoms with E-state index in [0.29, 0.717) is 5.69 Å². The lowest BCUT2D eigenvalue weighted by molar-refractivity contribution is -0.110. The van der Waals surface area contributed by atoms with Crippen LogP contribution in [0.5, 0.6) is 5.75 Å². The molecule has 0 aliphatic rings. The van der Waals surface area contributed by atoms with Crippen molar-refractivity contribution in [3.8, 4) is 11.8 Å². The third-order valence-electron chi connectivity index (χ3n) is 1.63. The normalized spacial score (nSPS) is 10.5. The van der Waals surface area contributed by atoms with Crippen LogP contribution in [0.25, 0.3) is 0 Å². The predicted octanol–water partition coefficient (Wildman–Crippen LogP) is 1.27. The van der Waals surface area contributed by atoms with Gasteiger partial charge in [-0.1, -0.05) is 12.1 Å². The van der Waals surface area contributed by atoms with Gasteiger partial charge in [-0.25, -0.2) is 0 Å². The van der Waals surface area contributed by atoms with Gasteiger partial charge in [0.2, 0.25) is 5.71 Å². The first-order chi connectivity index (χ1) is 7.15. The molecule has 15 heavy (non-hydrogen) atoms. The van der Waals surface area contributed by atoms with Crippen molar-refractivity contribution in [1.29, 1.82) is 5.26 Å². The number of rotatable bonds is 3. The van der Waals surface area contributed by atoms with Crippen LogP contribution < -0.4 is 5.43 Å². The molecule has 5 nitrogen and oxygen atoms in total. The van der Waals surface area contributed by atoms with Gasteiger partial charge in [0.1, 0.15) is 11.8 Å². The quantitative estimate of drug-likeness (QED) is 0.440. The van der Waals surface area contributed by atoms with E-state index in [2.05, 4.69) is 10.5 Å². The summed E-state index contributed by atoms with van der Waals surface area (Å²) >= 11 is 0. The Kier molecular flexibility index (Phi) is 3.41. The zero-order valence-electron chi connectivity index (χ0n) is 8.06.